The normalized spacial score (nSPS) is 38.4. The number of benzene rings is 1. The van der Waals surface area contributed by atoms with Crippen LogP contribution in [0.15, 0.2) is 18.2 Å². The number of carbonyl (C=O) groups excluding carboxylic acids is 1. The van der Waals surface area contributed by atoms with Crippen LogP contribution in [0.5, 0.6) is 0 Å². The number of hydrogen-bond donors (Lipinski definition) is 2. The first-order valence-electron chi connectivity index (χ1n) is 8.49. The van der Waals surface area contributed by atoms with Gasteiger partial charge in [0.25, 0.3) is 0 Å². The minimum Gasteiger partial charge on any atom is -0.385 e. The molecule has 1 aromatic rings. The van der Waals surface area contributed by atoms with Gasteiger partial charge in [-0.2, -0.15) is 0 Å². The third-order valence-corrected chi connectivity index (χ3v) is 6.35. The molecule has 110 valence electrons. The van der Waals surface area contributed by atoms with Crippen LogP contribution in [-0.2, 0) is 11.2 Å². The molecule has 21 heavy (non-hydrogen) atoms. The van der Waals surface area contributed by atoms with Crippen molar-refractivity contribution in [2.75, 3.05) is 17.2 Å². The summed E-state index contributed by atoms with van der Waals surface area (Å²) >= 11 is 0. The molecule has 4 atom stereocenters. The zero-order valence-electron chi connectivity index (χ0n) is 12.3. The first-order valence-corrected chi connectivity index (χ1v) is 8.49. The number of fused-ring (bicyclic) bond motifs is 6. The quantitative estimate of drug-likeness (QED) is 0.874. The van der Waals surface area contributed by atoms with Gasteiger partial charge in [0.1, 0.15) is 0 Å². The summed E-state index contributed by atoms with van der Waals surface area (Å²) in [6.45, 7) is 1.04. The Bertz CT molecular complexity index is 595. The predicted octanol–water partition coefficient (Wildman–Crippen LogP) is 3.28. The summed E-state index contributed by atoms with van der Waals surface area (Å²) in [4.78, 5) is 12.5. The van der Waals surface area contributed by atoms with Gasteiger partial charge in [0.2, 0.25) is 5.91 Å². The Morgan fingerprint density at radius 3 is 2.81 bits per heavy atom. The summed E-state index contributed by atoms with van der Waals surface area (Å²) in [6.07, 6.45) is 6.50. The molecule has 4 aliphatic rings. The van der Waals surface area contributed by atoms with Crippen LogP contribution in [0.25, 0.3) is 0 Å². The lowest BCUT2D eigenvalue weighted by atomic mass is 10.0. The molecule has 1 heterocycles. The van der Waals surface area contributed by atoms with E-state index in [1.165, 1.54) is 36.9 Å². The molecule has 5 rings (SSSR count). The van der Waals surface area contributed by atoms with Crippen molar-refractivity contribution >= 4 is 17.3 Å². The minimum absolute atomic E-state index is 0.275. The smallest absolute Gasteiger partial charge is 0.228 e. The van der Waals surface area contributed by atoms with Crippen molar-refractivity contribution in [1.29, 1.82) is 0 Å². The van der Waals surface area contributed by atoms with Crippen molar-refractivity contribution in [3.8, 4) is 0 Å². The fourth-order valence-electron chi connectivity index (χ4n) is 5.44. The first-order chi connectivity index (χ1) is 10.3. The van der Waals surface area contributed by atoms with Gasteiger partial charge in [-0.15, -0.1) is 0 Å². The molecule has 0 aromatic heterocycles. The van der Waals surface area contributed by atoms with E-state index in [0.29, 0.717) is 5.92 Å². The lowest BCUT2D eigenvalue weighted by Crippen LogP contribution is -2.19. The molecule has 1 aromatic carbocycles. The van der Waals surface area contributed by atoms with Gasteiger partial charge in [0.15, 0.2) is 0 Å². The molecule has 4 unspecified atom stereocenters. The van der Waals surface area contributed by atoms with Crippen molar-refractivity contribution in [2.24, 2.45) is 29.6 Å². The third-order valence-electron chi connectivity index (χ3n) is 6.35. The fourth-order valence-corrected chi connectivity index (χ4v) is 5.44. The highest BCUT2D eigenvalue weighted by Gasteiger charge is 2.67. The van der Waals surface area contributed by atoms with Crippen LogP contribution in [0.4, 0.5) is 11.4 Å². The summed E-state index contributed by atoms with van der Waals surface area (Å²) in [7, 11) is 0. The van der Waals surface area contributed by atoms with E-state index in [-0.39, 0.29) is 5.91 Å². The topological polar surface area (TPSA) is 41.1 Å². The summed E-state index contributed by atoms with van der Waals surface area (Å²) in [6, 6.07) is 6.34. The monoisotopic (exact) mass is 282 g/mol. The van der Waals surface area contributed by atoms with Crippen molar-refractivity contribution in [3.63, 3.8) is 0 Å². The molecular weight excluding hydrogens is 260 g/mol. The lowest BCUT2D eigenvalue weighted by molar-refractivity contribution is -0.118. The zero-order valence-corrected chi connectivity index (χ0v) is 12.3. The van der Waals surface area contributed by atoms with Gasteiger partial charge in [0, 0.05) is 23.8 Å². The number of carbonyl (C=O) groups is 1. The number of nitrogens with one attached hydrogen (secondary N) is 2. The van der Waals surface area contributed by atoms with E-state index in [2.05, 4.69) is 28.8 Å². The van der Waals surface area contributed by atoms with Crippen molar-refractivity contribution in [1.82, 2.24) is 0 Å². The molecule has 3 nitrogen and oxygen atoms in total. The van der Waals surface area contributed by atoms with Gasteiger partial charge in [-0.05, 0) is 73.5 Å². The Kier molecular flexibility index (Phi) is 2.44. The molecule has 1 amide bonds. The lowest BCUT2D eigenvalue weighted by Gasteiger charge is -2.19. The van der Waals surface area contributed by atoms with Crippen molar-refractivity contribution < 1.29 is 4.79 Å². The maximum absolute atomic E-state index is 12.5. The third kappa shape index (κ3) is 1.76. The number of amides is 1. The first kappa shape index (κ1) is 12.1. The summed E-state index contributed by atoms with van der Waals surface area (Å²) < 4.78 is 0. The van der Waals surface area contributed by atoms with Crippen LogP contribution in [0.1, 0.15) is 31.2 Å². The Balaban J connectivity index is 1.31. The van der Waals surface area contributed by atoms with Gasteiger partial charge < -0.3 is 10.6 Å². The number of anilines is 2. The summed E-state index contributed by atoms with van der Waals surface area (Å²) in [5.41, 5.74) is 3.54. The molecule has 2 bridgehead atoms. The summed E-state index contributed by atoms with van der Waals surface area (Å²) in [5.74, 6) is 3.76. The van der Waals surface area contributed by atoms with E-state index in [1.54, 1.807) is 0 Å². The van der Waals surface area contributed by atoms with Crippen molar-refractivity contribution in [3.05, 3.63) is 23.8 Å². The van der Waals surface area contributed by atoms with E-state index in [4.69, 9.17) is 0 Å². The minimum atomic E-state index is 0.275. The van der Waals surface area contributed by atoms with Gasteiger partial charge in [-0.25, -0.2) is 0 Å². The molecule has 3 aliphatic carbocycles. The van der Waals surface area contributed by atoms with Crippen LogP contribution in [-0.4, -0.2) is 12.5 Å². The van der Waals surface area contributed by atoms with Crippen LogP contribution in [0.3, 0.4) is 0 Å². The predicted molar refractivity (Wildman–Crippen MR) is 83.2 cm³/mol. The second-order valence-electron chi connectivity index (χ2n) is 7.41. The average molecular weight is 282 g/mol. The van der Waals surface area contributed by atoms with E-state index in [0.717, 1.165) is 42.3 Å². The highest BCUT2D eigenvalue weighted by molar-refractivity contribution is 5.95. The molecule has 0 spiro atoms. The van der Waals surface area contributed by atoms with Crippen molar-refractivity contribution in [2.45, 2.75) is 32.1 Å². The molecular formula is C18H22N2O. The molecule has 1 aliphatic heterocycles. The Morgan fingerprint density at radius 2 is 2.00 bits per heavy atom. The highest BCUT2D eigenvalue weighted by Crippen LogP contribution is 2.69. The number of rotatable bonds is 2. The Hall–Kier alpha value is -1.51. The van der Waals surface area contributed by atoms with Gasteiger partial charge >= 0.3 is 0 Å². The standard InChI is InChI=1S/C18H22N2O/c21-18(17-15-11-3-4-12(8-11)16(15)17)20-13-6-5-10-2-1-7-19-14(10)9-13/h5-6,9,11-12,15-17,19H,1-4,7-8H2,(H,20,21). The van der Waals surface area contributed by atoms with Gasteiger partial charge in [-0.3, -0.25) is 4.79 Å². The number of aryl methyl sites for hydroxylation is 1. The summed E-state index contributed by atoms with van der Waals surface area (Å²) in [5, 5.41) is 6.61. The molecule has 3 heteroatoms. The van der Waals surface area contributed by atoms with E-state index in [1.807, 2.05) is 0 Å². The maximum atomic E-state index is 12.5. The van der Waals surface area contributed by atoms with E-state index >= 15 is 0 Å². The molecule has 0 radical (unpaired) electrons. The molecule has 3 saturated carbocycles. The van der Waals surface area contributed by atoms with Crippen LogP contribution < -0.4 is 10.6 Å². The second-order valence-corrected chi connectivity index (χ2v) is 7.41. The Labute approximate surface area is 125 Å². The maximum Gasteiger partial charge on any atom is 0.228 e. The highest BCUT2D eigenvalue weighted by atomic mass is 16.2. The van der Waals surface area contributed by atoms with E-state index < -0.39 is 0 Å². The van der Waals surface area contributed by atoms with Gasteiger partial charge in [0.05, 0.1) is 0 Å². The SMILES string of the molecule is O=C(Nc1ccc2c(c1)NCCC2)C1C2C3CCC(C3)C12. The van der Waals surface area contributed by atoms with Crippen LogP contribution in [0.2, 0.25) is 0 Å². The van der Waals surface area contributed by atoms with Crippen LogP contribution in [0, 0.1) is 29.6 Å². The fraction of sp³-hybridized carbons (Fsp3) is 0.611. The Morgan fingerprint density at radius 1 is 1.19 bits per heavy atom. The zero-order chi connectivity index (χ0) is 14.0. The van der Waals surface area contributed by atoms with Crippen LogP contribution >= 0.6 is 0 Å². The second kappa shape index (κ2) is 4.25. The average Bonchev–Trinajstić information content (AvgIpc) is 2.96. The van der Waals surface area contributed by atoms with E-state index in [9.17, 15) is 4.79 Å². The number of hydrogen-bond acceptors (Lipinski definition) is 2. The van der Waals surface area contributed by atoms with Gasteiger partial charge in [-0.1, -0.05) is 6.07 Å². The largest absolute Gasteiger partial charge is 0.385 e. The molecule has 3 fully saturated rings. The molecule has 2 N–H and O–H groups in total. The molecule has 0 saturated heterocycles.